The van der Waals surface area contributed by atoms with Gasteiger partial charge >= 0.3 is 0 Å². The highest BCUT2D eigenvalue weighted by molar-refractivity contribution is 7.19. The number of rotatable bonds is 4. The Kier molecular flexibility index (Phi) is 3.37. The zero-order chi connectivity index (χ0) is 18.5. The number of aromatic amines is 1. The Balaban J connectivity index is 1.59. The molecule has 0 fully saturated rings. The van der Waals surface area contributed by atoms with Crippen LogP contribution in [0.25, 0.3) is 21.3 Å². The fraction of sp³-hybridized carbons (Fsp3) is 0.188. The molecule has 5 rings (SSSR count). The maximum atomic E-state index is 12.9. The van der Waals surface area contributed by atoms with Crippen molar-refractivity contribution in [1.29, 1.82) is 0 Å². The summed E-state index contributed by atoms with van der Waals surface area (Å²) in [5.41, 5.74) is 7.68. The van der Waals surface area contributed by atoms with E-state index in [1.54, 1.807) is 23.1 Å². The van der Waals surface area contributed by atoms with Crippen LogP contribution in [-0.2, 0) is 20.1 Å². The first-order chi connectivity index (χ1) is 13.1. The van der Waals surface area contributed by atoms with Crippen molar-refractivity contribution in [2.24, 2.45) is 7.05 Å². The van der Waals surface area contributed by atoms with Crippen LogP contribution in [0.5, 0.6) is 0 Å². The third kappa shape index (κ3) is 2.51. The fourth-order valence-corrected chi connectivity index (χ4v) is 4.25. The summed E-state index contributed by atoms with van der Waals surface area (Å²) in [7, 11) is 1.85. The van der Waals surface area contributed by atoms with Crippen LogP contribution in [0.3, 0.4) is 0 Å². The summed E-state index contributed by atoms with van der Waals surface area (Å²) in [6, 6.07) is 3.56. The monoisotopic (exact) mass is 381 g/mol. The maximum Gasteiger partial charge on any atom is 0.291 e. The molecule has 5 aromatic heterocycles. The Hall–Kier alpha value is -3.47. The van der Waals surface area contributed by atoms with Gasteiger partial charge in [0.15, 0.2) is 5.65 Å². The molecule has 0 unspecified atom stereocenters. The molecule has 10 nitrogen and oxygen atoms in total. The Morgan fingerprint density at radius 3 is 2.93 bits per heavy atom. The van der Waals surface area contributed by atoms with Crippen LogP contribution in [0.4, 0.5) is 5.82 Å². The highest BCUT2D eigenvalue weighted by atomic mass is 32.1. The molecular weight excluding hydrogens is 366 g/mol. The Labute approximate surface area is 155 Å². The summed E-state index contributed by atoms with van der Waals surface area (Å²) >= 11 is 1.53. The van der Waals surface area contributed by atoms with Gasteiger partial charge in [-0.2, -0.15) is 15.3 Å². The molecule has 3 N–H and O–H groups in total. The van der Waals surface area contributed by atoms with E-state index in [1.807, 2.05) is 23.9 Å². The van der Waals surface area contributed by atoms with Gasteiger partial charge < -0.3 is 10.3 Å². The SMILES string of the molecule is Cn1c2nc(Cn3ccc(N)n3)sc2c2cnn(Cc3ccn[nH]3)c(=O)c21. The highest BCUT2D eigenvalue weighted by Crippen LogP contribution is 2.31. The van der Waals surface area contributed by atoms with E-state index in [2.05, 4.69) is 25.4 Å². The second-order valence-electron chi connectivity index (χ2n) is 6.21. The summed E-state index contributed by atoms with van der Waals surface area (Å²) in [5, 5.41) is 17.0. The minimum Gasteiger partial charge on any atom is -0.382 e. The van der Waals surface area contributed by atoms with Crippen LogP contribution in [-0.4, -0.2) is 39.3 Å². The first-order valence-corrected chi connectivity index (χ1v) is 9.03. The van der Waals surface area contributed by atoms with E-state index in [4.69, 9.17) is 5.73 Å². The molecule has 0 bridgehead atoms. The molecule has 0 radical (unpaired) electrons. The summed E-state index contributed by atoms with van der Waals surface area (Å²) in [4.78, 5) is 17.6. The molecular formula is C16H15N9OS. The lowest BCUT2D eigenvalue weighted by Gasteiger charge is -2.04. The smallest absolute Gasteiger partial charge is 0.291 e. The molecule has 0 atom stereocenters. The molecule has 11 heteroatoms. The number of hydrogen-bond acceptors (Lipinski definition) is 7. The maximum absolute atomic E-state index is 12.9. The molecule has 5 aromatic rings. The van der Waals surface area contributed by atoms with Gasteiger partial charge in [-0.15, -0.1) is 11.3 Å². The first-order valence-electron chi connectivity index (χ1n) is 8.21. The summed E-state index contributed by atoms with van der Waals surface area (Å²) in [6.45, 7) is 0.870. The normalized spacial score (nSPS) is 11.7. The quantitative estimate of drug-likeness (QED) is 0.477. The third-order valence-corrected chi connectivity index (χ3v) is 5.47. The van der Waals surface area contributed by atoms with Crippen molar-refractivity contribution in [3.05, 3.63) is 51.8 Å². The lowest BCUT2D eigenvalue weighted by molar-refractivity contribution is 0.631. The molecule has 0 aromatic carbocycles. The second kappa shape index (κ2) is 5.77. The number of nitrogens with zero attached hydrogens (tertiary/aromatic N) is 7. The van der Waals surface area contributed by atoms with Crippen molar-refractivity contribution < 1.29 is 0 Å². The van der Waals surface area contributed by atoms with Gasteiger partial charge in [0.2, 0.25) is 0 Å². The van der Waals surface area contributed by atoms with Crippen LogP contribution in [0.2, 0.25) is 0 Å². The van der Waals surface area contributed by atoms with Gasteiger partial charge in [0, 0.05) is 24.8 Å². The van der Waals surface area contributed by atoms with Gasteiger partial charge in [0.05, 0.1) is 29.7 Å². The summed E-state index contributed by atoms with van der Waals surface area (Å²) in [5.74, 6) is 0.476. The predicted octanol–water partition coefficient (Wildman–Crippen LogP) is 0.943. The second-order valence-corrected chi connectivity index (χ2v) is 7.29. The van der Waals surface area contributed by atoms with E-state index >= 15 is 0 Å². The van der Waals surface area contributed by atoms with E-state index in [0.29, 0.717) is 24.4 Å². The Bertz CT molecular complexity index is 1320. The zero-order valence-corrected chi connectivity index (χ0v) is 15.1. The zero-order valence-electron chi connectivity index (χ0n) is 14.3. The molecule has 0 amide bonds. The van der Waals surface area contributed by atoms with Gasteiger partial charge in [-0.25, -0.2) is 9.67 Å². The number of nitrogens with one attached hydrogen (secondary N) is 1. The number of nitrogens with two attached hydrogens (primary N) is 1. The minimum atomic E-state index is -0.156. The van der Waals surface area contributed by atoms with Crippen molar-refractivity contribution in [3.8, 4) is 0 Å². The lowest BCUT2D eigenvalue weighted by Crippen LogP contribution is -2.24. The van der Waals surface area contributed by atoms with Gasteiger partial charge in [0.1, 0.15) is 16.3 Å². The molecule has 0 aliphatic heterocycles. The van der Waals surface area contributed by atoms with Gasteiger partial charge in [-0.05, 0) is 12.1 Å². The van der Waals surface area contributed by atoms with Crippen LogP contribution < -0.4 is 11.3 Å². The topological polar surface area (TPSA) is 125 Å². The molecule has 136 valence electrons. The Morgan fingerprint density at radius 1 is 1.30 bits per heavy atom. The molecule has 0 aliphatic carbocycles. The van der Waals surface area contributed by atoms with E-state index < -0.39 is 0 Å². The molecule has 5 heterocycles. The van der Waals surface area contributed by atoms with E-state index in [-0.39, 0.29) is 5.56 Å². The van der Waals surface area contributed by atoms with Crippen molar-refractivity contribution in [2.45, 2.75) is 13.1 Å². The van der Waals surface area contributed by atoms with Crippen LogP contribution in [0.1, 0.15) is 10.7 Å². The third-order valence-electron chi connectivity index (χ3n) is 4.41. The van der Waals surface area contributed by atoms with E-state index in [0.717, 1.165) is 26.4 Å². The number of hydrogen-bond donors (Lipinski definition) is 2. The number of thiazole rings is 1. The predicted molar refractivity (Wildman–Crippen MR) is 102 cm³/mol. The van der Waals surface area contributed by atoms with E-state index in [9.17, 15) is 4.79 Å². The average molecular weight is 381 g/mol. The van der Waals surface area contributed by atoms with Gasteiger partial charge in [-0.3, -0.25) is 14.6 Å². The van der Waals surface area contributed by atoms with Crippen LogP contribution in [0, 0.1) is 0 Å². The van der Waals surface area contributed by atoms with Crippen molar-refractivity contribution in [1.82, 2.24) is 39.3 Å². The van der Waals surface area contributed by atoms with Crippen molar-refractivity contribution >= 4 is 38.4 Å². The summed E-state index contributed by atoms with van der Waals surface area (Å²) < 4.78 is 5.94. The average Bonchev–Trinajstić information content (AvgIpc) is 3.40. The number of aryl methyl sites for hydroxylation is 1. The number of H-pyrrole nitrogens is 1. The highest BCUT2D eigenvalue weighted by Gasteiger charge is 2.18. The lowest BCUT2D eigenvalue weighted by atomic mass is 10.3. The number of fused-ring (bicyclic) bond motifs is 3. The van der Waals surface area contributed by atoms with E-state index in [1.165, 1.54) is 16.0 Å². The first kappa shape index (κ1) is 15.8. The van der Waals surface area contributed by atoms with Crippen molar-refractivity contribution in [2.75, 3.05) is 5.73 Å². The Morgan fingerprint density at radius 2 is 2.19 bits per heavy atom. The number of aromatic nitrogens is 8. The molecule has 0 saturated heterocycles. The fourth-order valence-electron chi connectivity index (χ4n) is 3.15. The standard InChI is InChI=1S/C16H15N9OS/c1-23-13-10(6-19-25(16(13)26)7-9-2-4-18-21-9)14-15(23)20-12(27-14)8-24-5-3-11(17)22-24/h2-6H,7-8H2,1H3,(H2,17,22)(H,18,21). The van der Waals surface area contributed by atoms with Gasteiger partial charge in [-0.1, -0.05) is 0 Å². The van der Waals surface area contributed by atoms with Crippen LogP contribution in [0.15, 0.2) is 35.5 Å². The minimum absolute atomic E-state index is 0.156. The van der Waals surface area contributed by atoms with Crippen LogP contribution >= 0.6 is 11.3 Å². The van der Waals surface area contributed by atoms with Gasteiger partial charge in [0.25, 0.3) is 5.56 Å². The molecule has 0 spiro atoms. The molecule has 27 heavy (non-hydrogen) atoms. The largest absolute Gasteiger partial charge is 0.382 e. The molecule has 0 aliphatic rings. The molecule has 0 saturated carbocycles. The number of anilines is 1. The number of nitrogen functional groups attached to an aromatic ring is 1. The summed E-state index contributed by atoms with van der Waals surface area (Å²) in [6.07, 6.45) is 5.19. The van der Waals surface area contributed by atoms with Crippen molar-refractivity contribution in [3.63, 3.8) is 0 Å².